The Labute approximate surface area is 105 Å². The van der Waals surface area contributed by atoms with E-state index in [4.69, 9.17) is 4.42 Å². The Hall–Kier alpha value is -1.62. The quantitative estimate of drug-likeness (QED) is 0.759. The lowest BCUT2D eigenvalue weighted by Crippen LogP contribution is -2.46. The molecule has 0 saturated carbocycles. The molecule has 2 aliphatic rings. The fourth-order valence-electron chi connectivity index (χ4n) is 2.98. The number of oxazole rings is 1. The van der Waals surface area contributed by atoms with E-state index in [0.717, 1.165) is 42.6 Å². The molecule has 94 valence electrons. The van der Waals surface area contributed by atoms with E-state index in [0.29, 0.717) is 6.04 Å². The van der Waals surface area contributed by atoms with E-state index >= 15 is 0 Å². The van der Waals surface area contributed by atoms with E-state index in [2.05, 4.69) is 19.8 Å². The lowest BCUT2D eigenvalue weighted by Gasteiger charge is -2.32. The van der Waals surface area contributed by atoms with Crippen LogP contribution in [0.4, 0.5) is 6.01 Å². The van der Waals surface area contributed by atoms with Gasteiger partial charge in [0.15, 0.2) is 5.58 Å². The van der Waals surface area contributed by atoms with Gasteiger partial charge in [0.1, 0.15) is 0 Å². The van der Waals surface area contributed by atoms with Crippen LogP contribution >= 0.6 is 0 Å². The van der Waals surface area contributed by atoms with E-state index in [1.54, 1.807) is 0 Å². The monoisotopic (exact) mass is 244 g/mol. The molecule has 2 atom stereocenters. The lowest BCUT2D eigenvalue weighted by atomic mass is 10.2. The normalized spacial score (nSPS) is 27.1. The number of piperazine rings is 1. The van der Waals surface area contributed by atoms with Crippen molar-refractivity contribution in [2.24, 2.45) is 0 Å². The molecule has 4 rings (SSSR count). The summed E-state index contributed by atoms with van der Waals surface area (Å²) in [5, 5.41) is 0. The van der Waals surface area contributed by atoms with Crippen molar-refractivity contribution in [3.63, 3.8) is 0 Å². The Morgan fingerprint density at radius 2 is 2.17 bits per heavy atom. The standard InChI is InChI=1S/C13H16N4O/c1-9-2-3-11-12(14-9)15-13(18-11)17-7-6-16-5-4-10(17)8-16/h2-3,10H,4-8H2,1H3. The summed E-state index contributed by atoms with van der Waals surface area (Å²) in [5.41, 5.74) is 2.49. The Kier molecular flexibility index (Phi) is 2.11. The van der Waals surface area contributed by atoms with Crippen molar-refractivity contribution in [1.82, 2.24) is 14.9 Å². The van der Waals surface area contributed by atoms with Gasteiger partial charge in [0.2, 0.25) is 5.65 Å². The van der Waals surface area contributed by atoms with Gasteiger partial charge in [-0.1, -0.05) is 0 Å². The molecule has 0 aliphatic carbocycles. The van der Waals surface area contributed by atoms with E-state index in [1.165, 1.54) is 13.0 Å². The van der Waals surface area contributed by atoms with Crippen molar-refractivity contribution in [3.05, 3.63) is 17.8 Å². The number of fused-ring (bicyclic) bond motifs is 3. The third kappa shape index (κ3) is 1.50. The molecule has 2 fully saturated rings. The number of hydrogen-bond donors (Lipinski definition) is 0. The number of rotatable bonds is 1. The topological polar surface area (TPSA) is 45.4 Å². The smallest absolute Gasteiger partial charge is 0.300 e. The summed E-state index contributed by atoms with van der Waals surface area (Å²) >= 11 is 0. The number of aromatic nitrogens is 2. The van der Waals surface area contributed by atoms with Gasteiger partial charge in [-0.25, -0.2) is 4.98 Å². The molecule has 18 heavy (non-hydrogen) atoms. The third-order valence-corrected chi connectivity index (χ3v) is 3.97. The minimum absolute atomic E-state index is 0.563. The van der Waals surface area contributed by atoms with Crippen molar-refractivity contribution in [2.45, 2.75) is 19.4 Å². The average molecular weight is 244 g/mol. The average Bonchev–Trinajstić information content (AvgIpc) is 2.94. The Morgan fingerprint density at radius 1 is 1.22 bits per heavy atom. The predicted octanol–water partition coefficient (Wildman–Crippen LogP) is 1.43. The first-order valence-electron chi connectivity index (χ1n) is 6.53. The summed E-state index contributed by atoms with van der Waals surface area (Å²) in [6.07, 6.45) is 1.21. The second kappa shape index (κ2) is 3.68. The Bertz CT molecular complexity index is 594. The second-order valence-corrected chi connectivity index (χ2v) is 5.21. The van der Waals surface area contributed by atoms with Crippen molar-refractivity contribution in [1.29, 1.82) is 0 Å². The van der Waals surface area contributed by atoms with E-state index in [-0.39, 0.29) is 0 Å². The van der Waals surface area contributed by atoms with Gasteiger partial charge in [0, 0.05) is 37.9 Å². The van der Waals surface area contributed by atoms with Crippen molar-refractivity contribution in [3.8, 4) is 0 Å². The van der Waals surface area contributed by atoms with Gasteiger partial charge in [0.05, 0.1) is 0 Å². The van der Waals surface area contributed by atoms with Crippen LogP contribution in [-0.4, -0.2) is 47.1 Å². The van der Waals surface area contributed by atoms with Crippen LogP contribution in [0, 0.1) is 6.92 Å². The number of nitrogens with zero attached hydrogens (tertiary/aromatic N) is 4. The van der Waals surface area contributed by atoms with Gasteiger partial charge in [-0.05, 0) is 25.5 Å². The maximum Gasteiger partial charge on any atom is 0.300 e. The van der Waals surface area contributed by atoms with Gasteiger partial charge in [-0.3, -0.25) is 4.90 Å². The van der Waals surface area contributed by atoms with Crippen LogP contribution in [0.25, 0.3) is 11.2 Å². The molecule has 0 radical (unpaired) electrons. The lowest BCUT2D eigenvalue weighted by molar-refractivity contribution is 0.304. The van der Waals surface area contributed by atoms with Crippen LogP contribution in [0.15, 0.2) is 16.5 Å². The molecule has 4 heterocycles. The molecule has 5 nitrogen and oxygen atoms in total. The van der Waals surface area contributed by atoms with Crippen LogP contribution in [0.3, 0.4) is 0 Å². The fraction of sp³-hybridized carbons (Fsp3) is 0.538. The van der Waals surface area contributed by atoms with Crippen molar-refractivity contribution >= 4 is 17.2 Å². The molecule has 5 heteroatoms. The third-order valence-electron chi connectivity index (χ3n) is 3.97. The zero-order valence-electron chi connectivity index (χ0n) is 10.5. The number of anilines is 1. The highest BCUT2D eigenvalue weighted by Gasteiger charge is 2.34. The Morgan fingerprint density at radius 3 is 3.11 bits per heavy atom. The second-order valence-electron chi connectivity index (χ2n) is 5.21. The van der Waals surface area contributed by atoms with Crippen LogP contribution in [0.2, 0.25) is 0 Å². The molecule has 0 amide bonds. The largest absolute Gasteiger partial charge is 0.422 e. The number of hydrogen-bond acceptors (Lipinski definition) is 5. The molecule has 2 saturated heterocycles. The van der Waals surface area contributed by atoms with Gasteiger partial charge < -0.3 is 9.32 Å². The van der Waals surface area contributed by atoms with Crippen LogP contribution in [0.1, 0.15) is 12.1 Å². The predicted molar refractivity (Wildman–Crippen MR) is 68.7 cm³/mol. The first-order valence-corrected chi connectivity index (χ1v) is 6.53. The first kappa shape index (κ1) is 10.3. The molecule has 2 aliphatic heterocycles. The van der Waals surface area contributed by atoms with Crippen LogP contribution < -0.4 is 4.90 Å². The summed E-state index contributed by atoms with van der Waals surface area (Å²) in [6.45, 7) is 6.45. The van der Waals surface area contributed by atoms with Crippen molar-refractivity contribution in [2.75, 3.05) is 31.1 Å². The molecular formula is C13H16N4O. The minimum Gasteiger partial charge on any atom is -0.422 e. The van der Waals surface area contributed by atoms with E-state index in [1.807, 2.05) is 19.1 Å². The van der Waals surface area contributed by atoms with Crippen molar-refractivity contribution < 1.29 is 4.42 Å². The highest BCUT2D eigenvalue weighted by Crippen LogP contribution is 2.28. The summed E-state index contributed by atoms with van der Waals surface area (Å²) in [7, 11) is 0. The highest BCUT2D eigenvalue weighted by molar-refractivity contribution is 5.70. The molecular weight excluding hydrogens is 228 g/mol. The molecule has 0 N–H and O–H groups in total. The van der Waals surface area contributed by atoms with Gasteiger partial charge in [0.25, 0.3) is 6.01 Å². The molecule has 2 aromatic heterocycles. The summed E-state index contributed by atoms with van der Waals surface area (Å²) in [5.74, 6) is 0. The molecule has 0 spiro atoms. The zero-order valence-corrected chi connectivity index (χ0v) is 10.5. The maximum absolute atomic E-state index is 5.85. The van der Waals surface area contributed by atoms with Gasteiger partial charge >= 0.3 is 0 Å². The van der Waals surface area contributed by atoms with Crippen LogP contribution in [0.5, 0.6) is 0 Å². The SMILES string of the molecule is Cc1ccc2oc(N3CC[N@@]4CCC3C4)nc2n1. The summed E-state index contributed by atoms with van der Waals surface area (Å²) in [4.78, 5) is 13.8. The van der Waals surface area contributed by atoms with E-state index < -0.39 is 0 Å². The molecule has 0 aromatic carbocycles. The van der Waals surface area contributed by atoms with Gasteiger partial charge in [-0.15, -0.1) is 0 Å². The highest BCUT2D eigenvalue weighted by atomic mass is 16.4. The molecule has 2 bridgehead atoms. The van der Waals surface area contributed by atoms with Crippen LogP contribution in [-0.2, 0) is 0 Å². The van der Waals surface area contributed by atoms with E-state index in [9.17, 15) is 0 Å². The number of pyridine rings is 1. The number of aryl methyl sites for hydroxylation is 1. The zero-order chi connectivity index (χ0) is 12.1. The first-order chi connectivity index (χ1) is 8.79. The minimum atomic E-state index is 0.563. The maximum atomic E-state index is 5.85. The summed E-state index contributed by atoms with van der Waals surface area (Å²) < 4.78 is 5.85. The Balaban J connectivity index is 1.73. The fourth-order valence-corrected chi connectivity index (χ4v) is 2.98. The van der Waals surface area contributed by atoms with Gasteiger partial charge in [-0.2, -0.15) is 4.98 Å². The molecule has 1 unspecified atom stereocenters. The summed E-state index contributed by atoms with van der Waals surface area (Å²) in [6, 6.07) is 5.23. The molecule has 2 aromatic rings.